The Morgan fingerprint density at radius 2 is 1.74 bits per heavy atom. The molecule has 1 aromatic rings. The van der Waals surface area contributed by atoms with Crippen molar-refractivity contribution in [3.8, 4) is 11.5 Å². The molecule has 0 saturated carbocycles. The molecule has 0 bridgehead atoms. The van der Waals surface area contributed by atoms with Crippen molar-refractivity contribution in [2.45, 2.75) is 20.3 Å². The van der Waals surface area contributed by atoms with E-state index in [1.807, 2.05) is 0 Å². The zero-order valence-corrected chi connectivity index (χ0v) is 17.4. The van der Waals surface area contributed by atoms with E-state index in [0.29, 0.717) is 23.6 Å². The van der Waals surface area contributed by atoms with E-state index >= 15 is 0 Å². The predicted octanol–water partition coefficient (Wildman–Crippen LogP) is 1.08. The third-order valence-corrected chi connectivity index (χ3v) is 5.56. The number of rotatable bonds is 13. The normalized spacial score (nSPS) is 11.4. The summed E-state index contributed by atoms with van der Waals surface area (Å²) in [5, 5.41) is 2.61. The van der Waals surface area contributed by atoms with E-state index in [1.165, 1.54) is 14.2 Å². The number of methoxy groups -OCH3 is 2. The summed E-state index contributed by atoms with van der Waals surface area (Å²) >= 11 is 0. The van der Waals surface area contributed by atoms with Crippen LogP contribution in [0.25, 0.3) is 0 Å². The minimum absolute atomic E-state index is 0.0263. The van der Waals surface area contributed by atoms with Gasteiger partial charge in [0.1, 0.15) is 0 Å². The summed E-state index contributed by atoms with van der Waals surface area (Å²) in [7, 11) is -0.427. The molecule has 0 unspecified atom stereocenters. The van der Waals surface area contributed by atoms with E-state index in [1.54, 1.807) is 18.2 Å². The maximum atomic E-state index is 12.2. The zero-order chi connectivity index (χ0) is 20.3. The van der Waals surface area contributed by atoms with Crippen LogP contribution in [0.3, 0.4) is 0 Å². The highest BCUT2D eigenvalue weighted by molar-refractivity contribution is 7.89. The first-order valence-corrected chi connectivity index (χ1v) is 10.7. The fourth-order valence-corrected chi connectivity index (χ4v) is 3.49. The first-order valence-electron chi connectivity index (χ1n) is 9.06. The van der Waals surface area contributed by atoms with E-state index < -0.39 is 10.0 Å². The number of carbonyl (C=O) groups is 1. The first kappa shape index (κ1) is 23.2. The molecule has 27 heavy (non-hydrogen) atoms. The summed E-state index contributed by atoms with van der Waals surface area (Å²) in [5.74, 6) is 0.419. The largest absolute Gasteiger partial charge is 0.493 e. The summed E-state index contributed by atoms with van der Waals surface area (Å²) in [6.07, 6.45) is 0.749. The highest BCUT2D eigenvalue weighted by atomic mass is 32.2. The second-order valence-electron chi connectivity index (χ2n) is 5.92. The van der Waals surface area contributed by atoms with E-state index in [4.69, 9.17) is 9.47 Å². The molecule has 0 heterocycles. The molecule has 0 aliphatic rings. The number of carbonyl (C=O) groups excluding carboxylic acids is 1. The van der Waals surface area contributed by atoms with E-state index in [2.05, 4.69) is 28.8 Å². The van der Waals surface area contributed by atoms with Crippen LogP contribution in [0.15, 0.2) is 18.2 Å². The van der Waals surface area contributed by atoms with Gasteiger partial charge in [-0.3, -0.25) is 4.79 Å². The minimum Gasteiger partial charge on any atom is -0.493 e. The van der Waals surface area contributed by atoms with Crippen LogP contribution in [0, 0.1) is 0 Å². The number of nitrogens with one attached hydrogen (secondary N) is 2. The Kier molecular flexibility index (Phi) is 10.1. The maximum Gasteiger partial charge on any atom is 0.251 e. The summed E-state index contributed by atoms with van der Waals surface area (Å²) < 4.78 is 36.9. The molecule has 1 rings (SSSR count). The van der Waals surface area contributed by atoms with E-state index in [-0.39, 0.29) is 18.2 Å². The number of hydrogen-bond acceptors (Lipinski definition) is 6. The zero-order valence-electron chi connectivity index (χ0n) is 16.6. The van der Waals surface area contributed by atoms with Gasteiger partial charge in [-0.25, -0.2) is 13.1 Å². The van der Waals surface area contributed by atoms with Crippen molar-refractivity contribution in [2.75, 3.05) is 52.7 Å². The standard InChI is InChI=1S/C18H31N3O5S/c1-5-21(6-2)12-7-10-20-27(23,24)13-11-19-18(22)15-8-9-16(25-3)17(14-15)26-4/h8-9,14,20H,5-7,10-13H2,1-4H3,(H,19,22). The molecule has 0 aliphatic heterocycles. The van der Waals surface area contributed by atoms with Crippen LogP contribution in [-0.4, -0.2) is 71.9 Å². The number of hydrogen-bond donors (Lipinski definition) is 2. The van der Waals surface area contributed by atoms with Crippen molar-refractivity contribution in [2.24, 2.45) is 0 Å². The van der Waals surface area contributed by atoms with Gasteiger partial charge in [0, 0.05) is 18.7 Å². The molecule has 0 fully saturated rings. The number of benzene rings is 1. The van der Waals surface area contributed by atoms with Crippen molar-refractivity contribution in [1.29, 1.82) is 0 Å². The third-order valence-electron chi connectivity index (χ3n) is 4.17. The molecule has 8 nitrogen and oxygen atoms in total. The SMILES string of the molecule is CCN(CC)CCCNS(=O)(=O)CCNC(=O)c1ccc(OC)c(OC)c1. The van der Waals surface area contributed by atoms with Crippen LogP contribution in [0.1, 0.15) is 30.6 Å². The van der Waals surface area contributed by atoms with Gasteiger partial charge in [0.2, 0.25) is 10.0 Å². The second-order valence-corrected chi connectivity index (χ2v) is 7.85. The summed E-state index contributed by atoms with van der Waals surface area (Å²) in [6.45, 7) is 7.33. The molecular weight excluding hydrogens is 370 g/mol. The Bertz CT molecular complexity index is 690. The van der Waals surface area contributed by atoms with Gasteiger partial charge in [0.25, 0.3) is 5.91 Å². The van der Waals surface area contributed by atoms with Gasteiger partial charge < -0.3 is 19.7 Å². The van der Waals surface area contributed by atoms with Crippen LogP contribution >= 0.6 is 0 Å². The van der Waals surface area contributed by atoms with Gasteiger partial charge in [0.05, 0.1) is 20.0 Å². The van der Waals surface area contributed by atoms with E-state index in [9.17, 15) is 13.2 Å². The van der Waals surface area contributed by atoms with Crippen LogP contribution in [0.5, 0.6) is 11.5 Å². The maximum absolute atomic E-state index is 12.2. The van der Waals surface area contributed by atoms with Crippen LogP contribution in [-0.2, 0) is 10.0 Å². The van der Waals surface area contributed by atoms with Crippen molar-refractivity contribution in [1.82, 2.24) is 14.9 Å². The predicted molar refractivity (Wildman–Crippen MR) is 106 cm³/mol. The Morgan fingerprint density at radius 3 is 2.33 bits per heavy atom. The quantitative estimate of drug-likeness (QED) is 0.480. The minimum atomic E-state index is -3.42. The highest BCUT2D eigenvalue weighted by Gasteiger charge is 2.13. The monoisotopic (exact) mass is 401 g/mol. The molecular formula is C18H31N3O5S. The highest BCUT2D eigenvalue weighted by Crippen LogP contribution is 2.27. The molecule has 1 aromatic carbocycles. The van der Waals surface area contributed by atoms with Gasteiger partial charge >= 0.3 is 0 Å². The molecule has 0 spiro atoms. The van der Waals surface area contributed by atoms with E-state index in [0.717, 1.165) is 26.1 Å². The molecule has 154 valence electrons. The molecule has 9 heteroatoms. The van der Waals surface area contributed by atoms with Crippen molar-refractivity contribution in [3.63, 3.8) is 0 Å². The molecule has 0 radical (unpaired) electrons. The lowest BCUT2D eigenvalue weighted by molar-refractivity contribution is 0.0955. The third kappa shape index (κ3) is 8.15. The molecule has 0 aromatic heterocycles. The molecule has 1 amide bonds. The molecule has 0 saturated heterocycles. The Hall–Kier alpha value is -1.84. The molecule has 2 N–H and O–H groups in total. The van der Waals surface area contributed by atoms with Crippen molar-refractivity contribution < 1.29 is 22.7 Å². The van der Waals surface area contributed by atoms with Crippen LogP contribution in [0.2, 0.25) is 0 Å². The lowest BCUT2D eigenvalue weighted by Crippen LogP contribution is -2.35. The van der Waals surface area contributed by atoms with Crippen LogP contribution < -0.4 is 19.5 Å². The van der Waals surface area contributed by atoms with Crippen LogP contribution in [0.4, 0.5) is 0 Å². The average Bonchev–Trinajstić information content (AvgIpc) is 2.67. The van der Waals surface area contributed by atoms with Gasteiger partial charge in [-0.15, -0.1) is 0 Å². The Morgan fingerprint density at radius 1 is 1.07 bits per heavy atom. The Balaban J connectivity index is 2.41. The average molecular weight is 402 g/mol. The summed E-state index contributed by atoms with van der Waals surface area (Å²) in [4.78, 5) is 14.4. The van der Waals surface area contributed by atoms with Crippen molar-refractivity contribution in [3.05, 3.63) is 23.8 Å². The fraction of sp³-hybridized carbons (Fsp3) is 0.611. The van der Waals surface area contributed by atoms with Gasteiger partial charge in [0.15, 0.2) is 11.5 Å². The first-order chi connectivity index (χ1) is 12.9. The second kappa shape index (κ2) is 11.8. The molecule has 0 aliphatic carbocycles. The van der Waals surface area contributed by atoms with Crippen molar-refractivity contribution >= 4 is 15.9 Å². The number of amides is 1. The number of sulfonamides is 1. The topological polar surface area (TPSA) is 97.0 Å². The molecule has 0 atom stereocenters. The smallest absolute Gasteiger partial charge is 0.251 e. The summed E-state index contributed by atoms with van der Waals surface area (Å²) in [6, 6.07) is 4.77. The van der Waals surface area contributed by atoms with Gasteiger partial charge in [-0.1, -0.05) is 13.8 Å². The van der Waals surface area contributed by atoms with Gasteiger partial charge in [-0.05, 0) is 44.3 Å². The van der Waals surface area contributed by atoms with Gasteiger partial charge in [-0.2, -0.15) is 0 Å². The number of ether oxygens (including phenoxy) is 2. The number of nitrogens with zero attached hydrogens (tertiary/aromatic N) is 1. The summed E-state index contributed by atoms with van der Waals surface area (Å²) in [5.41, 5.74) is 0.372. The fourth-order valence-electron chi connectivity index (χ4n) is 2.52. The lowest BCUT2D eigenvalue weighted by Gasteiger charge is -2.17. The Labute approximate surface area is 162 Å². The lowest BCUT2D eigenvalue weighted by atomic mass is 10.2.